The van der Waals surface area contributed by atoms with E-state index in [1.165, 1.54) is 25.0 Å². The SMILES string of the molecule is CCCNc1nc(NC2CCC(SCC)C2)nc(OC)n1. The molecule has 0 amide bonds. The Morgan fingerprint density at radius 1 is 1.19 bits per heavy atom. The lowest BCUT2D eigenvalue weighted by Gasteiger charge is -2.14. The zero-order valence-electron chi connectivity index (χ0n) is 13.1. The maximum absolute atomic E-state index is 5.15. The van der Waals surface area contributed by atoms with Crippen molar-refractivity contribution >= 4 is 23.7 Å². The van der Waals surface area contributed by atoms with Crippen molar-refractivity contribution in [2.24, 2.45) is 0 Å². The smallest absolute Gasteiger partial charge is 0.322 e. The van der Waals surface area contributed by atoms with Crippen molar-refractivity contribution in [1.82, 2.24) is 15.0 Å². The molecule has 1 aromatic heterocycles. The van der Waals surface area contributed by atoms with Gasteiger partial charge < -0.3 is 15.4 Å². The number of ether oxygens (including phenoxy) is 1. The minimum atomic E-state index is 0.351. The molecule has 0 aliphatic heterocycles. The molecule has 2 unspecified atom stereocenters. The number of rotatable bonds is 8. The van der Waals surface area contributed by atoms with Crippen LogP contribution in [0.4, 0.5) is 11.9 Å². The molecule has 118 valence electrons. The summed E-state index contributed by atoms with van der Waals surface area (Å²) in [4.78, 5) is 12.9. The highest BCUT2D eigenvalue weighted by Gasteiger charge is 2.25. The third kappa shape index (κ3) is 4.91. The second-order valence-electron chi connectivity index (χ2n) is 5.13. The zero-order valence-corrected chi connectivity index (χ0v) is 13.9. The summed E-state index contributed by atoms with van der Waals surface area (Å²) >= 11 is 2.04. The molecule has 0 spiro atoms. The normalized spacial score (nSPS) is 21.3. The van der Waals surface area contributed by atoms with Gasteiger partial charge in [-0.15, -0.1) is 0 Å². The molecule has 2 rings (SSSR count). The maximum atomic E-state index is 5.15. The largest absolute Gasteiger partial charge is 0.467 e. The standard InChI is InChI=1S/C14H25N5OS/c1-4-8-15-12-17-13(19-14(18-12)20-3)16-10-6-7-11(9-10)21-5-2/h10-11H,4-9H2,1-3H3,(H2,15,16,17,18,19). The van der Waals surface area contributed by atoms with E-state index >= 15 is 0 Å². The molecule has 2 N–H and O–H groups in total. The summed E-state index contributed by atoms with van der Waals surface area (Å²) in [5.41, 5.74) is 0. The van der Waals surface area contributed by atoms with E-state index in [1.54, 1.807) is 7.11 Å². The van der Waals surface area contributed by atoms with E-state index in [1.807, 2.05) is 11.8 Å². The summed E-state index contributed by atoms with van der Waals surface area (Å²) < 4.78 is 5.15. The second kappa shape index (κ2) is 8.26. The van der Waals surface area contributed by atoms with E-state index in [9.17, 15) is 0 Å². The molecule has 2 atom stereocenters. The molecule has 1 fully saturated rings. The first-order valence-corrected chi connectivity index (χ1v) is 8.72. The number of thioether (sulfide) groups is 1. The number of aromatic nitrogens is 3. The monoisotopic (exact) mass is 311 g/mol. The Balaban J connectivity index is 1.98. The predicted molar refractivity (Wildman–Crippen MR) is 88.3 cm³/mol. The first-order chi connectivity index (χ1) is 10.2. The summed E-state index contributed by atoms with van der Waals surface area (Å²) in [6.45, 7) is 5.16. The van der Waals surface area contributed by atoms with Crippen LogP contribution in [0.25, 0.3) is 0 Å². The van der Waals surface area contributed by atoms with Gasteiger partial charge in [0.2, 0.25) is 11.9 Å². The van der Waals surface area contributed by atoms with Gasteiger partial charge in [0.25, 0.3) is 0 Å². The van der Waals surface area contributed by atoms with Crippen LogP contribution in [0.1, 0.15) is 39.5 Å². The van der Waals surface area contributed by atoms with Crippen molar-refractivity contribution in [2.45, 2.75) is 50.8 Å². The third-order valence-corrected chi connectivity index (χ3v) is 4.68. The molecule has 1 aliphatic carbocycles. The minimum absolute atomic E-state index is 0.351. The van der Waals surface area contributed by atoms with Gasteiger partial charge in [-0.1, -0.05) is 13.8 Å². The van der Waals surface area contributed by atoms with Gasteiger partial charge in [0.15, 0.2) is 0 Å². The average Bonchev–Trinajstić information content (AvgIpc) is 2.92. The number of anilines is 2. The van der Waals surface area contributed by atoms with Gasteiger partial charge in [-0.3, -0.25) is 0 Å². The Kier molecular flexibility index (Phi) is 6.35. The number of nitrogens with zero attached hydrogens (tertiary/aromatic N) is 3. The highest BCUT2D eigenvalue weighted by molar-refractivity contribution is 7.99. The zero-order chi connectivity index (χ0) is 15.1. The van der Waals surface area contributed by atoms with Crippen LogP contribution in [0.15, 0.2) is 0 Å². The van der Waals surface area contributed by atoms with Gasteiger partial charge in [0.1, 0.15) is 0 Å². The molecular formula is C14H25N5OS. The Hall–Kier alpha value is -1.24. The lowest BCUT2D eigenvalue weighted by molar-refractivity contribution is 0.379. The number of hydrogen-bond donors (Lipinski definition) is 2. The second-order valence-corrected chi connectivity index (χ2v) is 6.71. The van der Waals surface area contributed by atoms with Crippen molar-refractivity contribution in [2.75, 3.05) is 30.0 Å². The quantitative estimate of drug-likeness (QED) is 0.765. The first kappa shape index (κ1) is 16.1. The average molecular weight is 311 g/mol. The molecule has 21 heavy (non-hydrogen) atoms. The van der Waals surface area contributed by atoms with E-state index in [0.717, 1.165) is 18.2 Å². The van der Waals surface area contributed by atoms with Gasteiger partial charge in [-0.2, -0.15) is 26.7 Å². The van der Waals surface area contributed by atoms with E-state index in [2.05, 4.69) is 39.4 Å². The van der Waals surface area contributed by atoms with Crippen LogP contribution >= 0.6 is 11.8 Å². The molecule has 0 radical (unpaired) electrons. The van der Waals surface area contributed by atoms with Crippen LogP contribution in [0.3, 0.4) is 0 Å². The van der Waals surface area contributed by atoms with E-state index < -0.39 is 0 Å². The molecule has 6 nitrogen and oxygen atoms in total. The molecular weight excluding hydrogens is 286 g/mol. The summed E-state index contributed by atoms with van der Waals surface area (Å²) in [7, 11) is 1.58. The molecule has 0 saturated heterocycles. The van der Waals surface area contributed by atoms with Crippen LogP contribution in [0, 0.1) is 0 Å². The van der Waals surface area contributed by atoms with Crippen LogP contribution in [0.2, 0.25) is 0 Å². The summed E-state index contributed by atoms with van der Waals surface area (Å²) in [5, 5.41) is 7.36. The van der Waals surface area contributed by atoms with E-state index in [-0.39, 0.29) is 0 Å². The van der Waals surface area contributed by atoms with Gasteiger partial charge in [-0.05, 0) is 31.4 Å². The van der Waals surface area contributed by atoms with E-state index in [0.29, 0.717) is 23.9 Å². The van der Waals surface area contributed by atoms with Crippen molar-refractivity contribution in [3.05, 3.63) is 0 Å². The van der Waals surface area contributed by atoms with Crippen molar-refractivity contribution in [3.63, 3.8) is 0 Å². The minimum Gasteiger partial charge on any atom is -0.467 e. The number of methoxy groups -OCH3 is 1. The van der Waals surface area contributed by atoms with Crippen molar-refractivity contribution < 1.29 is 4.74 Å². The Labute approximate surface area is 130 Å². The van der Waals surface area contributed by atoms with Gasteiger partial charge in [0.05, 0.1) is 7.11 Å². The highest BCUT2D eigenvalue weighted by Crippen LogP contribution is 2.31. The van der Waals surface area contributed by atoms with Crippen LogP contribution in [-0.4, -0.2) is 45.7 Å². The summed E-state index contributed by atoms with van der Waals surface area (Å²) in [5.74, 6) is 2.36. The predicted octanol–water partition coefficient (Wildman–Crippen LogP) is 2.79. The van der Waals surface area contributed by atoms with E-state index in [4.69, 9.17) is 4.74 Å². The summed E-state index contributed by atoms with van der Waals surface area (Å²) in [6, 6.07) is 0.795. The van der Waals surface area contributed by atoms with Gasteiger partial charge in [-0.25, -0.2) is 0 Å². The van der Waals surface area contributed by atoms with Gasteiger partial charge in [0, 0.05) is 17.8 Å². The number of nitrogens with one attached hydrogen (secondary N) is 2. The maximum Gasteiger partial charge on any atom is 0.322 e. The highest BCUT2D eigenvalue weighted by atomic mass is 32.2. The molecule has 1 heterocycles. The Bertz CT molecular complexity index is 445. The lowest BCUT2D eigenvalue weighted by Crippen LogP contribution is -2.19. The molecule has 7 heteroatoms. The molecule has 0 aromatic carbocycles. The fourth-order valence-electron chi connectivity index (χ4n) is 2.47. The van der Waals surface area contributed by atoms with Crippen molar-refractivity contribution in [3.8, 4) is 6.01 Å². The fraction of sp³-hybridized carbons (Fsp3) is 0.786. The van der Waals surface area contributed by atoms with Gasteiger partial charge >= 0.3 is 6.01 Å². The molecule has 0 bridgehead atoms. The lowest BCUT2D eigenvalue weighted by atomic mass is 10.2. The number of hydrogen-bond acceptors (Lipinski definition) is 7. The van der Waals surface area contributed by atoms with Crippen LogP contribution in [0.5, 0.6) is 6.01 Å². The summed E-state index contributed by atoms with van der Waals surface area (Å²) in [6.07, 6.45) is 4.63. The molecule has 1 aliphatic rings. The molecule has 1 aromatic rings. The third-order valence-electron chi connectivity index (χ3n) is 3.45. The van der Waals surface area contributed by atoms with Crippen LogP contribution in [-0.2, 0) is 0 Å². The van der Waals surface area contributed by atoms with Crippen LogP contribution < -0.4 is 15.4 Å². The topological polar surface area (TPSA) is 72.0 Å². The van der Waals surface area contributed by atoms with Crippen molar-refractivity contribution in [1.29, 1.82) is 0 Å². The molecule has 1 saturated carbocycles. The Morgan fingerprint density at radius 3 is 2.71 bits per heavy atom. The Morgan fingerprint density at radius 2 is 2.00 bits per heavy atom. The first-order valence-electron chi connectivity index (χ1n) is 7.67. The fourth-order valence-corrected chi connectivity index (χ4v) is 3.61.